The molecule has 0 bridgehead atoms. The molecule has 2 rings (SSSR count). The number of aryl methyl sites for hydroxylation is 1. The normalized spacial score (nSPS) is 20.5. The van der Waals surface area contributed by atoms with E-state index in [9.17, 15) is 0 Å². The van der Waals surface area contributed by atoms with Crippen LogP contribution in [0, 0.1) is 12.3 Å². The molecule has 0 spiro atoms. The quantitative estimate of drug-likeness (QED) is 0.708. The number of hydrogen-bond acceptors (Lipinski definition) is 2. The predicted octanol–water partition coefficient (Wildman–Crippen LogP) is 3.19. The second-order valence-electron chi connectivity index (χ2n) is 5.44. The lowest BCUT2D eigenvalue weighted by molar-refractivity contribution is 0.236. The molecule has 0 saturated carbocycles. The van der Waals surface area contributed by atoms with Gasteiger partial charge in [0.1, 0.15) is 6.61 Å². The highest BCUT2D eigenvalue weighted by Crippen LogP contribution is 2.27. The van der Waals surface area contributed by atoms with Crippen LogP contribution in [0.2, 0.25) is 0 Å². The molecule has 0 amide bonds. The van der Waals surface area contributed by atoms with Crippen LogP contribution in [0.5, 0.6) is 0 Å². The van der Waals surface area contributed by atoms with Gasteiger partial charge in [0.15, 0.2) is 0 Å². The second kappa shape index (κ2) is 3.93. The van der Waals surface area contributed by atoms with E-state index < -0.39 is 0 Å². The van der Waals surface area contributed by atoms with Gasteiger partial charge in [-0.2, -0.15) is 0 Å². The first kappa shape index (κ1) is 11.2. The van der Waals surface area contributed by atoms with E-state index in [2.05, 4.69) is 44.8 Å². The largest absolute Gasteiger partial charge is 0.475 e. The molecule has 0 saturated heterocycles. The lowest BCUT2D eigenvalue weighted by Gasteiger charge is -2.21. The van der Waals surface area contributed by atoms with E-state index in [0.717, 1.165) is 11.5 Å². The summed E-state index contributed by atoms with van der Waals surface area (Å²) in [7, 11) is 0. The molecule has 1 aromatic carbocycles. The number of rotatable bonds is 1. The lowest BCUT2D eigenvalue weighted by Crippen LogP contribution is -2.25. The molecule has 1 aliphatic heterocycles. The molecule has 0 aromatic heterocycles. The van der Waals surface area contributed by atoms with Crippen LogP contribution in [0.25, 0.3) is 0 Å². The van der Waals surface area contributed by atoms with Crippen LogP contribution in [0.1, 0.15) is 31.9 Å². The summed E-state index contributed by atoms with van der Waals surface area (Å²) >= 11 is 0. The van der Waals surface area contributed by atoms with Gasteiger partial charge in [-0.15, -0.1) is 0 Å². The van der Waals surface area contributed by atoms with Crippen molar-refractivity contribution in [2.75, 3.05) is 6.61 Å². The molecular formula is C14H19NO. The maximum Gasteiger partial charge on any atom is 0.216 e. The highest BCUT2D eigenvalue weighted by atomic mass is 16.5. The van der Waals surface area contributed by atoms with E-state index in [4.69, 9.17) is 4.74 Å². The molecule has 1 aliphatic rings. The van der Waals surface area contributed by atoms with Crippen LogP contribution in [-0.4, -0.2) is 18.5 Å². The highest BCUT2D eigenvalue weighted by Gasteiger charge is 2.30. The Morgan fingerprint density at radius 3 is 2.50 bits per heavy atom. The molecule has 0 unspecified atom stereocenters. The maximum atomic E-state index is 5.71. The van der Waals surface area contributed by atoms with Crippen LogP contribution in [-0.2, 0) is 4.74 Å². The molecule has 16 heavy (non-hydrogen) atoms. The SMILES string of the molecule is Cc1ccccc1C1=N[C@@H](C(C)(C)C)CO1. The van der Waals surface area contributed by atoms with Gasteiger partial charge in [0, 0.05) is 5.56 Å². The number of benzene rings is 1. The minimum Gasteiger partial charge on any atom is -0.475 e. The van der Waals surface area contributed by atoms with Crippen LogP contribution in [0.4, 0.5) is 0 Å². The number of hydrogen-bond donors (Lipinski definition) is 0. The lowest BCUT2D eigenvalue weighted by atomic mass is 9.88. The van der Waals surface area contributed by atoms with Crippen molar-refractivity contribution >= 4 is 5.90 Å². The minimum atomic E-state index is 0.171. The summed E-state index contributed by atoms with van der Waals surface area (Å²) in [5.74, 6) is 0.804. The van der Waals surface area contributed by atoms with Crippen LogP contribution in [0.15, 0.2) is 29.3 Å². The van der Waals surface area contributed by atoms with Gasteiger partial charge in [-0.3, -0.25) is 0 Å². The maximum absolute atomic E-state index is 5.71. The summed E-state index contributed by atoms with van der Waals surface area (Å²) in [4.78, 5) is 4.68. The first-order valence-electron chi connectivity index (χ1n) is 5.75. The van der Waals surface area contributed by atoms with Crippen LogP contribution in [0.3, 0.4) is 0 Å². The molecular weight excluding hydrogens is 198 g/mol. The van der Waals surface area contributed by atoms with Gasteiger partial charge < -0.3 is 4.74 Å². The van der Waals surface area contributed by atoms with Crippen molar-refractivity contribution in [2.45, 2.75) is 33.7 Å². The van der Waals surface area contributed by atoms with Gasteiger partial charge in [-0.1, -0.05) is 39.0 Å². The Morgan fingerprint density at radius 2 is 1.94 bits per heavy atom. The van der Waals surface area contributed by atoms with Crippen molar-refractivity contribution in [3.05, 3.63) is 35.4 Å². The highest BCUT2D eigenvalue weighted by molar-refractivity contribution is 5.96. The zero-order valence-electron chi connectivity index (χ0n) is 10.4. The molecule has 0 aliphatic carbocycles. The first-order valence-corrected chi connectivity index (χ1v) is 5.75. The average molecular weight is 217 g/mol. The monoisotopic (exact) mass is 217 g/mol. The van der Waals surface area contributed by atoms with E-state index in [1.54, 1.807) is 0 Å². The summed E-state index contributed by atoms with van der Waals surface area (Å²) < 4.78 is 5.71. The number of aliphatic imine (C=N–C) groups is 1. The Morgan fingerprint density at radius 1 is 1.25 bits per heavy atom. The van der Waals surface area contributed by atoms with E-state index >= 15 is 0 Å². The van der Waals surface area contributed by atoms with Gasteiger partial charge in [0.2, 0.25) is 5.90 Å². The van der Waals surface area contributed by atoms with E-state index in [1.165, 1.54) is 5.56 Å². The Kier molecular flexibility index (Phi) is 2.75. The minimum absolute atomic E-state index is 0.171. The molecule has 0 radical (unpaired) electrons. The summed E-state index contributed by atoms with van der Waals surface area (Å²) in [6.07, 6.45) is 0. The van der Waals surface area contributed by atoms with Crippen molar-refractivity contribution in [3.63, 3.8) is 0 Å². The van der Waals surface area contributed by atoms with E-state index in [0.29, 0.717) is 6.61 Å². The van der Waals surface area contributed by atoms with Gasteiger partial charge in [0.05, 0.1) is 6.04 Å². The van der Waals surface area contributed by atoms with Crippen LogP contribution >= 0.6 is 0 Å². The molecule has 2 nitrogen and oxygen atoms in total. The third kappa shape index (κ3) is 2.11. The fraction of sp³-hybridized carbons (Fsp3) is 0.500. The molecule has 0 N–H and O–H groups in total. The fourth-order valence-corrected chi connectivity index (χ4v) is 1.78. The van der Waals surface area contributed by atoms with Crippen molar-refractivity contribution < 1.29 is 4.74 Å². The Balaban J connectivity index is 2.28. The fourth-order valence-electron chi connectivity index (χ4n) is 1.78. The molecule has 1 atom stereocenters. The first-order chi connectivity index (χ1) is 7.48. The Hall–Kier alpha value is -1.31. The number of nitrogens with zero attached hydrogens (tertiary/aromatic N) is 1. The molecule has 86 valence electrons. The topological polar surface area (TPSA) is 21.6 Å². The zero-order valence-corrected chi connectivity index (χ0v) is 10.4. The summed E-state index contributed by atoms with van der Waals surface area (Å²) in [6, 6.07) is 8.49. The van der Waals surface area contributed by atoms with Gasteiger partial charge in [-0.05, 0) is 24.0 Å². The second-order valence-corrected chi connectivity index (χ2v) is 5.44. The van der Waals surface area contributed by atoms with Crippen molar-refractivity contribution in [1.29, 1.82) is 0 Å². The molecule has 1 heterocycles. The van der Waals surface area contributed by atoms with Crippen LogP contribution < -0.4 is 0 Å². The smallest absolute Gasteiger partial charge is 0.216 e. The molecule has 1 aromatic rings. The Labute approximate surface area is 97.4 Å². The summed E-state index contributed by atoms with van der Waals surface area (Å²) in [5, 5.41) is 0. The van der Waals surface area contributed by atoms with Gasteiger partial charge >= 0.3 is 0 Å². The van der Waals surface area contributed by atoms with Crippen molar-refractivity contribution in [3.8, 4) is 0 Å². The number of ether oxygens (including phenoxy) is 1. The third-order valence-corrected chi connectivity index (χ3v) is 3.03. The molecule has 0 fully saturated rings. The van der Waals surface area contributed by atoms with Crippen molar-refractivity contribution in [2.24, 2.45) is 10.4 Å². The average Bonchev–Trinajstić information content (AvgIpc) is 2.66. The Bertz CT molecular complexity index is 415. The predicted molar refractivity (Wildman–Crippen MR) is 66.9 cm³/mol. The standard InChI is InChI=1S/C14H19NO/c1-10-7-5-6-8-11(10)13-15-12(9-16-13)14(2,3)4/h5-8,12H,9H2,1-4H3/t12-/m1/s1. The van der Waals surface area contributed by atoms with E-state index in [1.807, 2.05) is 12.1 Å². The van der Waals surface area contributed by atoms with E-state index in [-0.39, 0.29) is 11.5 Å². The zero-order chi connectivity index (χ0) is 11.8. The van der Waals surface area contributed by atoms with Gasteiger partial charge in [-0.25, -0.2) is 4.99 Å². The summed E-state index contributed by atoms with van der Waals surface area (Å²) in [5.41, 5.74) is 2.51. The third-order valence-electron chi connectivity index (χ3n) is 3.03. The van der Waals surface area contributed by atoms with Gasteiger partial charge in [0.25, 0.3) is 0 Å². The summed E-state index contributed by atoms with van der Waals surface area (Å²) in [6.45, 7) is 9.39. The molecule has 2 heteroatoms. The van der Waals surface area contributed by atoms with Crippen molar-refractivity contribution in [1.82, 2.24) is 0 Å².